The zero-order chi connectivity index (χ0) is 19.5. The fourth-order valence-corrected chi connectivity index (χ4v) is 3.52. The summed E-state index contributed by atoms with van der Waals surface area (Å²) in [6.07, 6.45) is 0. The predicted octanol–water partition coefficient (Wildman–Crippen LogP) is 3.25. The van der Waals surface area contributed by atoms with E-state index in [1.807, 2.05) is 6.07 Å². The molecular formula is C17H16N2O6S. The van der Waals surface area contributed by atoms with Gasteiger partial charge in [0.15, 0.2) is 11.5 Å². The molecule has 0 bridgehead atoms. The second-order valence-corrected chi connectivity index (χ2v) is 6.90. The van der Waals surface area contributed by atoms with Gasteiger partial charge in [-0.05, 0) is 44.0 Å². The van der Waals surface area contributed by atoms with E-state index in [0.717, 1.165) is 6.07 Å². The van der Waals surface area contributed by atoms with Gasteiger partial charge in [0.05, 0.1) is 23.2 Å². The maximum atomic E-state index is 12.7. The molecule has 0 N–H and O–H groups in total. The molecule has 0 spiro atoms. The topological polar surface area (TPSA) is 120 Å². The minimum absolute atomic E-state index is 0.0925. The fraction of sp³-hybridized carbons (Fsp3) is 0.235. The first-order valence-electron chi connectivity index (χ1n) is 7.56. The zero-order valence-electron chi connectivity index (χ0n) is 14.3. The Hall–Kier alpha value is -3.12. The average Bonchev–Trinajstić information content (AvgIpc) is 2.58. The van der Waals surface area contributed by atoms with Crippen LogP contribution in [0.4, 0.5) is 5.69 Å². The lowest BCUT2D eigenvalue weighted by molar-refractivity contribution is -0.385. The second-order valence-electron chi connectivity index (χ2n) is 5.39. The molecule has 0 atom stereocenters. The van der Waals surface area contributed by atoms with E-state index >= 15 is 0 Å². The molecule has 0 unspecified atom stereocenters. The Bertz CT molecular complexity index is 1010. The highest BCUT2D eigenvalue weighted by Crippen LogP contribution is 2.33. The average molecular weight is 376 g/mol. The summed E-state index contributed by atoms with van der Waals surface area (Å²) in [4.78, 5) is 10.1. The highest BCUT2D eigenvalue weighted by molar-refractivity contribution is 7.87. The molecule has 0 radical (unpaired) electrons. The summed E-state index contributed by atoms with van der Waals surface area (Å²) in [5, 5.41) is 20.0. The van der Waals surface area contributed by atoms with Crippen LogP contribution in [0.3, 0.4) is 0 Å². The van der Waals surface area contributed by atoms with Crippen molar-refractivity contribution in [3.05, 3.63) is 57.1 Å². The van der Waals surface area contributed by atoms with Crippen molar-refractivity contribution in [2.24, 2.45) is 0 Å². The van der Waals surface area contributed by atoms with Gasteiger partial charge in [-0.1, -0.05) is 0 Å². The molecule has 26 heavy (non-hydrogen) atoms. The van der Waals surface area contributed by atoms with Crippen molar-refractivity contribution in [2.45, 2.75) is 25.7 Å². The molecule has 2 rings (SSSR count). The van der Waals surface area contributed by atoms with E-state index in [-0.39, 0.29) is 34.3 Å². The minimum atomic E-state index is -4.35. The molecule has 2 aromatic rings. The molecule has 0 aliphatic heterocycles. The summed E-state index contributed by atoms with van der Waals surface area (Å²) in [5.41, 5.74) is 0.731. The normalized spacial score (nSPS) is 10.8. The van der Waals surface area contributed by atoms with Crippen LogP contribution in [0.25, 0.3) is 0 Å². The van der Waals surface area contributed by atoms with Gasteiger partial charge >= 0.3 is 10.1 Å². The van der Waals surface area contributed by atoms with Crippen molar-refractivity contribution < 1.29 is 22.3 Å². The van der Waals surface area contributed by atoms with E-state index in [1.54, 1.807) is 13.8 Å². The molecular weight excluding hydrogens is 360 g/mol. The van der Waals surface area contributed by atoms with Gasteiger partial charge < -0.3 is 8.92 Å². The van der Waals surface area contributed by atoms with Gasteiger partial charge in [-0.15, -0.1) is 0 Å². The largest absolute Gasteiger partial charge is 0.490 e. The molecule has 0 aliphatic carbocycles. The van der Waals surface area contributed by atoms with Crippen LogP contribution >= 0.6 is 0 Å². The number of ether oxygens (including phenoxy) is 1. The maximum absolute atomic E-state index is 12.7. The Labute approximate surface area is 150 Å². The zero-order valence-corrected chi connectivity index (χ0v) is 15.2. The molecule has 136 valence electrons. The van der Waals surface area contributed by atoms with E-state index in [9.17, 15) is 18.5 Å². The first kappa shape index (κ1) is 19.2. The summed E-state index contributed by atoms with van der Waals surface area (Å²) >= 11 is 0. The number of non-ortho nitro benzene ring substituents is 1. The number of rotatable bonds is 6. The van der Waals surface area contributed by atoms with Gasteiger partial charge in [-0.25, -0.2) is 0 Å². The molecule has 0 aromatic heterocycles. The van der Waals surface area contributed by atoms with E-state index in [1.165, 1.54) is 31.2 Å². The highest BCUT2D eigenvalue weighted by atomic mass is 32.2. The van der Waals surface area contributed by atoms with Crippen molar-refractivity contribution in [3.8, 4) is 17.6 Å². The van der Waals surface area contributed by atoms with Crippen molar-refractivity contribution in [3.63, 3.8) is 0 Å². The smallest absolute Gasteiger partial charge is 0.339 e. The molecule has 8 nitrogen and oxygen atoms in total. The summed E-state index contributed by atoms with van der Waals surface area (Å²) in [7, 11) is -4.35. The number of nitriles is 1. The first-order chi connectivity index (χ1) is 12.2. The van der Waals surface area contributed by atoms with Crippen LogP contribution in [0.2, 0.25) is 0 Å². The van der Waals surface area contributed by atoms with Crippen molar-refractivity contribution in [1.82, 2.24) is 0 Å². The predicted molar refractivity (Wildman–Crippen MR) is 92.7 cm³/mol. The van der Waals surface area contributed by atoms with Crippen LogP contribution < -0.4 is 8.92 Å². The number of nitro benzene ring substituents is 1. The summed E-state index contributed by atoms with van der Waals surface area (Å²) < 4.78 is 35.9. The number of hydrogen-bond acceptors (Lipinski definition) is 7. The first-order valence-corrected chi connectivity index (χ1v) is 8.97. The third-order valence-corrected chi connectivity index (χ3v) is 5.02. The van der Waals surface area contributed by atoms with E-state index in [2.05, 4.69) is 0 Å². The molecule has 9 heteroatoms. The molecule has 0 amide bonds. The van der Waals surface area contributed by atoms with E-state index in [4.69, 9.17) is 14.2 Å². The summed E-state index contributed by atoms with van der Waals surface area (Å²) in [6.45, 7) is 5.05. The van der Waals surface area contributed by atoms with Crippen LogP contribution in [-0.4, -0.2) is 19.9 Å². The Morgan fingerprint density at radius 2 is 1.88 bits per heavy atom. The number of nitro groups is 1. The Morgan fingerprint density at radius 1 is 1.19 bits per heavy atom. The van der Waals surface area contributed by atoms with Crippen LogP contribution in [0.5, 0.6) is 11.5 Å². The Balaban J connectivity index is 2.54. The Morgan fingerprint density at radius 3 is 2.46 bits per heavy atom. The van der Waals surface area contributed by atoms with Gasteiger partial charge in [0.25, 0.3) is 5.69 Å². The number of benzene rings is 2. The van der Waals surface area contributed by atoms with Crippen LogP contribution in [0.1, 0.15) is 23.6 Å². The molecule has 0 aliphatic rings. The van der Waals surface area contributed by atoms with Gasteiger partial charge in [0.2, 0.25) is 0 Å². The lowest BCUT2D eigenvalue weighted by Crippen LogP contribution is -2.13. The third kappa shape index (κ3) is 3.92. The maximum Gasteiger partial charge on any atom is 0.339 e. The van der Waals surface area contributed by atoms with Crippen molar-refractivity contribution in [2.75, 3.05) is 6.61 Å². The molecule has 0 heterocycles. The quantitative estimate of drug-likeness (QED) is 0.431. The molecule has 0 fully saturated rings. The van der Waals surface area contributed by atoms with Gasteiger partial charge in [-0.3, -0.25) is 10.1 Å². The number of hydrogen-bond donors (Lipinski definition) is 0. The third-order valence-electron chi connectivity index (χ3n) is 3.66. The standard InChI is InChI=1S/C17H16N2O6S/c1-4-24-16-8-13(10-18)5-6-15(16)25-26(22,23)17-9-14(19(20)21)7-11(2)12(17)3/h5-9H,4H2,1-3H3. The SMILES string of the molecule is CCOc1cc(C#N)ccc1OS(=O)(=O)c1cc([N+](=O)[O-])cc(C)c1C. The van der Waals surface area contributed by atoms with E-state index < -0.39 is 15.0 Å². The number of nitrogens with zero attached hydrogens (tertiary/aromatic N) is 2. The molecule has 0 saturated heterocycles. The van der Waals surface area contributed by atoms with Crippen molar-refractivity contribution >= 4 is 15.8 Å². The van der Waals surface area contributed by atoms with Crippen LogP contribution in [0.15, 0.2) is 35.2 Å². The monoisotopic (exact) mass is 376 g/mol. The van der Waals surface area contributed by atoms with Gasteiger partial charge in [0.1, 0.15) is 4.90 Å². The summed E-state index contributed by atoms with van der Waals surface area (Å²) in [5.74, 6) is -0.00987. The molecule has 0 saturated carbocycles. The number of aryl methyl sites for hydroxylation is 1. The minimum Gasteiger partial charge on any atom is -0.490 e. The Kier molecular flexibility index (Phi) is 5.47. The lowest BCUT2D eigenvalue weighted by Gasteiger charge is -2.14. The van der Waals surface area contributed by atoms with E-state index in [0.29, 0.717) is 11.1 Å². The van der Waals surface area contributed by atoms with Gasteiger partial charge in [-0.2, -0.15) is 13.7 Å². The second kappa shape index (κ2) is 7.41. The highest BCUT2D eigenvalue weighted by Gasteiger charge is 2.25. The van der Waals surface area contributed by atoms with Crippen molar-refractivity contribution in [1.29, 1.82) is 5.26 Å². The van der Waals surface area contributed by atoms with Gasteiger partial charge in [0, 0.05) is 18.2 Å². The van der Waals surface area contributed by atoms with Crippen LogP contribution in [0, 0.1) is 35.3 Å². The molecule has 2 aromatic carbocycles. The lowest BCUT2D eigenvalue weighted by atomic mass is 10.1. The summed E-state index contributed by atoms with van der Waals surface area (Å²) in [6, 6.07) is 8.23. The fourth-order valence-electron chi connectivity index (χ4n) is 2.25. The van der Waals surface area contributed by atoms with Crippen LogP contribution in [-0.2, 0) is 10.1 Å².